The zero-order valence-electron chi connectivity index (χ0n) is 15.7. The Bertz CT molecular complexity index is 866. The maximum Gasteiger partial charge on any atom is 0.266 e. The minimum atomic E-state index is -0.334. The molecule has 0 radical (unpaired) electrons. The number of anilines is 1. The summed E-state index contributed by atoms with van der Waals surface area (Å²) in [7, 11) is 0. The molecule has 2 aliphatic heterocycles. The molecule has 0 atom stereocenters. The fraction of sp³-hybridized carbons (Fsp3) is 0.455. The molecule has 1 aromatic carbocycles. The van der Waals surface area contributed by atoms with E-state index in [1.807, 2.05) is 18.2 Å². The van der Waals surface area contributed by atoms with Crippen molar-refractivity contribution in [3.63, 3.8) is 0 Å². The first-order chi connectivity index (χ1) is 13.2. The normalized spacial score (nSPS) is 19.0. The highest BCUT2D eigenvalue weighted by Gasteiger charge is 2.25. The average molecular weight is 362 g/mol. The van der Waals surface area contributed by atoms with Crippen molar-refractivity contribution in [2.24, 2.45) is 0 Å². The number of hydrogen-bond acceptors (Lipinski definition) is 4. The summed E-state index contributed by atoms with van der Waals surface area (Å²) in [6.45, 7) is 4.77. The first kappa shape index (κ1) is 17.8. The molecule has 2 saturated heterocycles. The first-order valence-corrected chi connectivity index (χ1v) is 9.97. The van der Waals surface area contributed by atoms with Crippen LogP contribution in [0.5, 0.6) is 0 Å². The number of H-pyrrole nitrogens is 1. The van der Waals surface area contributed by atoms with Gasteiger partial charge in [-0.1, -0.05) is 18.6 Å². The van der Waals surface area contributed by atoms with E-state index in [9.17, 15) is 4.79 Å². The van der Waals surface area contributed by atoms with Crippen molar-refractivity contribution in [2.45, 2.75) is 38.1 Å². The van der Waals surface area contributed by atoms with Gasteiger partial charge in [0.05, 0.1) is 0 Å². The number of hydrogen-bond donors (Lipinski definition) is 1. The molecule has 0 spiro atoms. The van der Waals surface area contributed by atoms with Gasteiger partial charge in [0.2, 0.25) is 0 Å². The molecule has 140 valence electrons. The number of nitrogens with one attached hydrogen (secondary N) is 1. The summed E-state index contributed by atoms with van der Waals surface area (Å²) in [5.41, 5.74) is 2.76. The molecule has 0 unspecified atom stereocenters. The Balaban J connectivity index is 1.40. The lowest BCUT2D eigenvalue weighted by atomic mass is 9.99. The Morgan fingerprint density at radius 2 is 1.63 bits per heavy atom. The molecule has 1 N–H and O–H groups in total. The van der Waals surface area contributed by atoms with Crippen LogP contribution in [0.25, 0.3) is 11.3 Å². The van der Waals surface area contributed by atoms with Crippen molar-refractivity contribution in [1.29, 1.82) is 5.26 Å². The number of piperidine rings is 2. The second-order valence-electron chi connectivity index (χ2n) is 7.59. The summed E-state index contributed by atoms with van der Waals surface area (Å²) >= 11 is 0. The van der Waals surface area contributed by atoms with Gasteiger partial charge < -0.3 is 14.8 Å². The zero-order valence-corrected chi connectivity index (χ0v) is 15.7. The summed E-state index contributed by atoms with van der Waals surface area (Å²) in [4.78, 5) is 19.8. The van der Waals surface area contributed by atoms with E-state index in [0.29, 0.717) is 0 Å². The van der Waals surface area contributed by atoms with Gasteiger partial charge in [0.15, 0.2) is 0 Å². The highest BCUT2D eigenvalue weighted by Crippen LogP contribution is 2.26. The van der Waals surface area contributed by atoms with E-state index in [2.05, 4.69) is 26.9 Å². The minimum Gasteiger partial charge on any atom is -0.371 e. The standard InChI is InChI=1S/C22H26N4O/c23-16-18-6-9-21(24-22(18)27)17-4-7-19(8-5-17)26-14-10-20(11-15-26)25-12-2-1-3-13-25/h4-9,20H,1-3,10-15H2,(H,24,27). The fourth-order valence-electron chi connectivity index (χ4n) is 4.35. The highest BCUT2D eigenvalue weighted by molar-refractivity contribution is 5.63. The van der Waals surface area contributed by atoms with Gasteiger partial charge in [-0.05, 0) is 68.6 Å². The van der Waals surface area contributed by atoms with Gasteiger partial charge in [0.25, 0.3) is 5.56 Å². The Hall–Kier alpha value is -2.58. The molecule has 27 heavy (non-hydrogen) atoms. The highest BCUT2D eigenvalue weighted by atomic mass is 16.1. The van der Waals surface area contributed by atoms with Gasteiger partial charge >= 0.3 is 0 Å². The van der Waals surface area contributed by atoms with Crippen LogP contribution in [0.15, 0.2) is 41.2 Å². The lowest BCUT2D eigenvalue weighted by molar-refractivity contribution is 0.141. The van der Waals surface area contributed by atoms with E-state index in [4.69, 9.17) is 5.26 Å². The Labute approximate surface area is 160 Å². The summed E-state index contributed by atoms with van der Waals surface area (Å²) in [5, 5.41) is 8.88. The molecule has 3 heterocycles. The van der Waals surface area contributed by atoms with E-state index in [1.54, 1.807) is 12.1 Å². The van der Waals surface area contributed by atoms with Crippen LogP contribution in [0, 0.1) is 11.3 Å². The zero-order chi connectivity index (χ0) is 18.6. The molecule has 4 rings (SSSR count). The van der Waals surface area contributed by atoms with Gasteiger partial charge in [0, 0.05) is 30.5 Å². The lowest BCUT2D eigenvalue weighted by Crippen LogP contribution is -2.46. The molecular weight excluding hydrogens is 336 g/mol. The maximum absolute atomic E-state index is 11.8. The second-order valence-corrected chi connectivity index (χ2v) is 7.59. The van der Waals surface area contributed by atoms with Crippen molar-refractivity contribution < 1.29 is 0 Å². The molecule has 2 aliphatic rings. The summed E-state index contributed by atoms with van der Waals surface area (Å²) < 4.78 is 0. The van der Waals surface area contributed by atoms with Crippen LogP contribution in [0.1, 0.15) is 37.7 Å². The SMILES string of the molecule is N#Cc1ccc(-c2ccc(N3CCC(N4CCCCC4)CC3)cc2)[nH]c1=O. The Morgan fingerprint density at radius 1 is 0.926 bits per heavy atom. The Morgan fingerprint density at radius 3 is 2.26 bits per heavy atom. The Kier molecular flexibility index (Phi) is 5.26. The number of aromatic nitrogens is 1. The van der Waals surface area contributed by atoms with Gasteiger partial charge in [-0.15, -0.1) is 0 Å². The summed E-state index contributed by atoms with van der Waals surface area (Å²) in [5.74, 6) is 0. The molecule has 5 nitrogen and oxygen atoms in total. The first-order valence-electron chi connectivity index (χ1n) is 9.97. The third kappa shape index (κ3) is 3.91. The quantitative estimate of drug-likeness (QED) is 0.909. The van der Waals surface area contributed by atoms with Crippen LogP contribution < -0.4 is 10.5 Å². The van der Waals surface area contributed by atoms with Gasteiger partial charge in [-0.2, -0.15) is 5.26 Å². The monoisotopic (exact) mass is 362 g/mol. The van der Waals surface area contributed by atoms with Crippen LogP contribution in [0.4, 0.5) is 5.69 Å². The summed E-state index contributed by atoms with van der Waals surface area (Å²) in [6, 6.07) is 14.4. The molecule has 0 amide bonds. The molecule has 2 fully saturated rings. The number of pyridine rings is 1. The smallest absolute Gasteiger partial charge is 0.266 e. The molecule has 0 saturated carbocycles. The fourth-order valence-corrected chi connectivity index (χ4v) is 4.35. The van der Waals surface area contributed by atoms with Crippen LogP contribution in [0.3, 0.4) is 0 Å². The lowest BCUT2D eigenvalue weighted by Gasteiger charge is -2.41. The van der Waals surface area contributed by atoms with Crippen molar-refractivity contribution in [1.82, 2.24) is 9.88 Å². The third-order valence-corrected chi connectivity index (χ3v) is 5.94. The minimum absolute atomic E-state index is 0.145. The number of nitrogens with zero attached hydrogens (tertiary/aromatic N) is 3. The van der Waals surface area contributed by atoms with E-state index in [1.165, 1.54) is 50.9 Å². The van der Waals surface area contributed by atoms with Crippen LogP contribution in [-0.4, -0.2) is 42.1 Å². The molecular formula is C22H26N4O. The van der Waals surface area contributed by atoms with Gasteiger partial charge in [0.1, 0.15) is 11.6 Å². The van der Waals surface area contributed by atoms with Crippen LogP contribution >= 0.6 is 0 Å². The number of benzene rings is 1. The predicted molar refractivity (Wildman–Crippen MR) is 108 cm³/mol. The maximum atomic E-state index is 11.8. The number of likely N-dealkylation sites (tertiary alicyclic amines) is 1. The van der Waals surface area contributed by atoms with Crippen LogP contribution in [0.2, 0.25) is 0 Å². The molecule has 2 aromatic rings. The number of nitriles is 1. The van der Waals surface area contributed by atoms with Crippen molar-refractivity contribution in [3.05, 3.63) is 52.3 Å². The number of rotatable bonds is 3. The molecule has 5 heteroatoms. The van der Waals surface area contributed by atoms with Crippen molar-refractivity contribution in [2.75, 3.05) is 31.1 Å². The molecule has 0 bridgehead atoms. The molecule has 1 aromatic heterocycles. The second kappa shape index (κ2) is 7.98. The van der Waals surface area contributed by atoms with E-state index in [0.717, 1.165) is 30.4 Å². The van der Waals surface area contributed by atoms with E-state index in [-0.39, 0.29) is 11.1 Å². The largest absolute Gasteiger partial charge is 0.371 e. The van der Waals surface area contributed by atoms with Crippen molar-refractivity contribution in [3.8, 4) is 17.3 Å². The van der Waals surface area contributed by atoms with Crippen molar-refractivity contribution >= 4 is 5.69 Å². The van der Waals surface area contributed by atoms with Gasteiger partial charge in [-0.3, -0.25) is 4.79 Å². The van der Waals surface area contributed by atoms with Crippen LogP contribution in [-0.2, 0) is 0 Å². The molecule has 0 aliphatic carbocycles. The number of aromatic amines is 1. The topological polar surface area (TPSA) is 63.1 Å². The van der Waals surface area contributed by atoms with Gasteiger partial charge in [-0.25, -0.2) is 0 Å². The van der Waals surface area contributed by atoms with E-state index >= 15 is 0 Å². The predicted octanol–water partition coefficient (Wildman–Crippen LogP) is 3.37. The average Bonchev–Trinajstić information content (AvgIpc) is 2.74. The van der Waals surface area contributed by atoms with E-state index < -0.39 is 0 Å². The third-order valence-electron chi connectivity index (χ3n) is 5.94. The summed E-state index contributed by atoms with van der Waals surface area (Å²) in [6.07, 6.45) is 6.60.